The second kappa shape index (κ2) is 17.9. The molecule has 1 aromatic heterocycles. The van der Waals surface area contributed by atoms with Gasteiger partial charge in [-0.2, -0.15) is 8.78 Å². The SMILES string of the molecule is O=C(O[C@@H](Cc1c(Cl)c[nH+]cc1Cl)c1ccc(OC(F)F)c(OCC2CC2)c1)c1cccc(CN(C(=O)O[C@H]2CN3CCC2CC3)c2ccccc2F)c1.[OH-]. The number of anilines is 1. The van der Waals surface area contributed by atoms with Gasteiger partial charge in [0, 0.05) is 18.5 Å². The quantitative estimate of drug-likeness (QED) is 0.116. The number of rotatable bonds is 14. The molecule has 4 heterocycles. The summed E-state index contributed by atoms with van der Waals surface area (Å²) in [6.07, 6.45) is 4.95. The third-order valence-corrected chi connectivity index (χ3v) is 10.8. The van der Waals surface area contributed by atoms with Crippen LogP contribution in [0.25, 0.3) is 0 Å². The van der Waals surface area contributed by atoms with Crippen LogP contribution in [0.2, 0.25) is 10.0 Å². The van der Waals surface area contributed by atoms with Gasteiger partial charge in [0.25, 0.3) is 0 Å². The Morgan fingerprint density at radius 3 is 2.35 bits per heavy atom. The molecule has 2 atom stereocenters. The number of aromatic nitrogens is 1. The Morgan fingerprint density at radius 1 is 0.927 bits per heavy atom. The van der Waals surface area contributed by atoms with Crippen LogP contribution >= 0.6 is 23.2 Å². The number of amides is 1. The zero-order chi connectivity index (χ0) is 37.8. The highest BCUT2D eigenvalue weighted by Crippen LogP contribution is 2.38. The molecule has 15 heteroatoms. The average Bonchev–Trinajstić information content (AvgIpc) is 4.00. The summed E-state index contributed by atoms with van der Waals surface area (Å²) >= 11 is 13.0. The summed E-state index contributed by atoms with van der Waals surface area (Å²) in [5, 5.41) is 0.596. The maximum absolute atomic E-state index is 15.2. The maximum Gasteiger partial charge on any atom is 0.415 e. The minimum absolute atomic E-state index is 0. The number of ether oxygens (including phenoxy) is 4. The van der Waals surface area contributed by atoms with Crippen molar-refractivity contribution in [1.29, 1.82) is 0 Å². The smallest absolute Gasteiger partial charge is 0.415 e. The van der Waals surface area contributed by atoms with E-state index in [2.05, 4.69) is 9.88 Å². The summed E-state index contributed by atoms with van der Waals surface area (Å²) in [6, 6.07) is 16.8. The molecule has 3 aliphatic heterocycles. The van der Waals surface area contributed by atoms with Crippen molar-refractivity contribution in [2.45, 2.75) is 57.5 Å². The predicted molar refractivity (Wildman–Crippen MR) is 197 cm³/mol. The van der Waals surface area contributed by atoms with Crippen molar-refractivity contribution < 1.29 is 52.2 Å². The first-order chi connectivity index (χ1) is 26.1. The first kappa shape index (κ1) is 40.1. The van der Waals surface area contributed by atoms with Crippen LogP contribution in [0.5, 0.6) is 11.5 Å². The van der Waals surface area contributed by atoms with E-state index in [1.807, 2.05) is 0 Å². The number of hydrogen-bond donors (Lipinski definition) is 0. The van der Waals surface area contributed by atoms with Gasteiger partial charge >= 0.3 is 18.7 Å². The van der Waals surface area contributed by atoms with Crippen molar-refractivity contribution in [3.8, 4) is 11.5 Å². The molecule has 3 aromatic carbocycles. The molecular formula is C40H40Cl2F3N3O7. The van der Waals surface area contributed by atoms with Gasteiger partial charge in [0.15, 0.2) is 23.9 Å². The number of benzene rings is 3. The lowest BCUT2D eigenvalue weighted by Gasteiger charge is -2.44. The number of fused-ring (bicyclic) bond motifs is 3. The van der Waals surface area contributed by atoms with Crippen LogP contribution in [-0.4, -0.2) is 61.4 Å². The Morgan fingerprint density at radius 2 is 1.67 bits per heavy atom. The number of hydrogen-bond acceptors (Lipinski definition) is 8. The van der Waals surface area contributed by atoms with Crippen LogP contribution < -0.4 is 19.4 Å². The third-order valence-electron chi connectivity index (χ3n) is 10.1. The molecule has 10 nitrogen and oxygen atoms in total. The van der Waals surface area contributed by atoms with E-state index in [0.717, 1.165) is 38.8 Å². The second-order valence-corrected chi connectivity index (χ2v) is 14.7. The van der Waals surface area contributed by atoms with Crippen molar-refractivity contribution in [3.05, 3.63) is 117 Å². The summed E-state index contributed by atoms with van der Waals surface area (Å²) in [5.74, 6) is -0.812. The van der Waals surface area contributed by atoms with Crippen molar-refractivity contribution in [2.75, 3.05) is 31.1 Å². The molecule has 1 saturated carbocycles. The van der Waals surface area contributed by atoms with E-state index >= 15 is 4.39 Å². The zero-order valence-electron chi connectivity index (χ0n) is 29.6. The standard InChI is InChI=1S/C40H38Cl2F3N3O6.H2O/c41-30-19-46-20-31(42)29(30)18-35(27-10-11-34(53-39(44)45)36(17-27)51-23-24-8-9-24)52-38(49)28-5-3-4-25(16-28)21-48(33-7-2-1-6-32(33)43)40(50)54-37-22-47-14-12-26(37)13-15-47;/h1-7,10-11,16-17,19-20,24,26,35,37,39H,8-9,12-15,18,21-23H2;1H2/t35-,37-;/m0./s1. The number of nitrogens with one attached hydrogen (secondary N) is 1. The molecule has 4 aromatic rings. The van der Waals surface area contributed by atoms with Gasteiger partial charge in [0.2, 0.25) is 0 Å². The first-order valence-electron chi connectivity index (χ1n) is 17.9. The number of carbonyl (C=O) groups excluding carboxylic acids is 2. The molecule has 4 aliphatic rings. The van der Waals surface area contributed by atoms with E-state index < -0.39 is 30.6 Å². The van der Waals surface area contributed by atoms with Crippen molar-refractivity contribution in [3.63, 3.8) is 0 Å². The zero-order valence-corrected chi connectivity index (χ0v) is 31.2. The fraction of sp³-hybridized carbons (Fsp3) is 0.375. The summed E-state index contributed by atoms with van der Waals surface area (Å²) < 4.78 is 64.5. The summed E-state index contributed by atoms with van der Waals surface area (Å²) in [6.45, 7) is -0.268. The van der Waals surface area contributed by atoms with Gasteiger partial charge in [-0.05, 0) is 98.1 Å². The molecule has 292 valence electrons. The molecule has 8 rings (SSSR count). The van der Waals surface area contributed by atoms with E-state index in [4.69, 9.17) is 42.1 Å². The van der Waals surface area contributed by atoms with Gasteiger partial charge < -0.3 is 24.4 Å². The Kier molecular flexibility index (Phi) is 13.1. The molecular weight excluding hydrogens is 762 g/mol. The van der Waals surface area contributed by atoms with E-state index in [1.54, 1.807) is 36.4 Å². The number of esters is 1. The van der Waals surface area contributed by atoms with Crippen molar-refractivity contribution >= 4 is 41.0 Å². The number of nitrogens with zero attached hydrogens (tertiary/aromatic N) is 2. The molecule has 3 saturated heterocycles. The van der Waals surface area contributed by atoms with Gasteiger partial charge in [0.1, 0.15) is 28.1 Å². The molecule has 0 radical (unpaired) electrons. The van der Waals surface area contributed by atoms with E-state index in [9.17, 15) is 18.4 Å². The van der Waals surface area contributed by atoms with Crippen molar-refractivity contribution in [1.82, 2.24) is 4.90 Å². The van der Waals surface area contributed by atoms with Crippen LogP contribution in [-0.2, 0) is 22.4 Å². The summed E-state index contributed by atoms with van der Waals surface area (Å²) in [5.41, 5.74) is 1.62. The molecule has 1 amide bonds. The molecule has 2 N–H and O–H groups in total. The summed E-state index contributed by atoms with van der Waals surface area (Å²) in [4.78, 5) is 34.0. The lowest BCUT2D eigenvalue weighted by molar-refractivity contribution is -0.377. The maximum atomic E-state index is 15.2. The highest BCUT2D eigenvalue weighted by Gasteiger charge is 2.38. The Hall–Kier alpha value is -4.56. The molecule has 2 bridgehead atoms. The van der Waals surface area contributed by atoms with Crippen LogP contribution in [0, 0.1) is 17.7 Å². The Bertz CT molecular complexity index is 1960. The van der Waals surface area contributed by atoms with E-state index in [1.165, 1.54) is 47.6 Å². The number of carbonyl (C=O) groups is 2. The molecule has 0 unspecified atom stereocenters. The largest absolute Gasteiger partial charge is 0.870 e. The average molecular weight is 803 g/mol. The Labute approximate surface area is 326 Å². The lowest BCUT2D eigenvalue weighted by Crippen LogP contribution is -2.53. The predicted octanol–water partition coefficient (Wildman–Crippen LogP) is 8.54. The number of piperidine rings is 3. The van der Waals surface area contributed by atoms with Crippen LogP contribution in [0.3, 0.4) is 0 Å². The first-order valence-corrected chi connectivity index (χ1v) is 18.7. The normalized spacial score (nSPS) is 19.3. The number of alkyl halides is 2. The van der Waals surface area contributed by atoms with Gasteiger partial charge in [0.05, 0.1) is 24.4 Å². The highest BCUT2D eigenvalue weighted by molar-refractivity contribution is 6.35. The lowest BCUT2D eigenvalue weighted by atomic mass is 9.86. The van der Waals surface area contributed by atoms with Gasteiger partial charge in [-0.15, -0.1) is 0 Å². The van der Waals surface area contributed by atoms with E-state index in [0.29, 0.717) is 45.8 Å². The van der Waals surface area contributed by atoms with E-state index in [-0.39, 0.29) is 53.2 Å². The second-order valence-electron chi connectivity index (χ2n) is 13.9. The highest BCUT2D eigenvalue weighted by atomic mass is 35.5. The van der Waals surface area contributed by atoms with Crippen LogP contribution in [0.1, 0.15) is 58.8 Å². The van der Waals surface area contributed by atoms with Gasteiger partial charge in [-0.25, -0.2) is 19.0 Å². The topological polar surface area (TPSA) is 122 Å². The minimum Gasteiger partial charge on any atom is -0.870 e. The molecule has 0 spiro atoms. The molecule has 4 fully saturated rings. The number of para-hydroxylation sites is 1. The third kappa shape index (κ3) is 10.0. The molecule has 55 heavy (non-hydrogen) atoms. The van der Waals surface area contributed by atoms with Crippen LogP contribution in [0.15, 0.2) is 79.1 Å². The Balaban J connectivity index is 0.00000514. The number of H-pyrrole nitrogens is 1. The van der Waals surface area contributed by atoms with Crippen LogP contribution in [0.4, 0.5) is 23.7 Å². The fourth-order valence-electron chi connectivity index (χ4n) is 6.94. The number of aromatic amines is 1. The number of pyridine rings is 1. The minimum atomic E-state index is -3.07. The van der Waals surface area contributed by atoms with Crippen molar-refractivity contribution in [2.24, 2.45) is 11.8 Å². The summed E-state index contributed by atoms with van der Waals surface area (Å²) in [7, 11) is 0. The van der Waals surface area contributed by atoms with Gasteiger partial charge in [-0.1, -0.05) is 53.5 Å². The monoisotopic (exact) mass is 801 g/mol. The van der Waals surface area contributed by atoms with Gasteiger partial charge in [-0.3, -0.25) is 9.80 Å². The number of halogens is 5. The molecule has 1 aliphatic carbocycles. The fourth-order valence-corrected chi connectivity index (χ4v) is 7.47.